The highest BCUT2D eigenvalue weighted by molar-refractivity contribution is 7.20. The minimum absolute atomic E-state index is 1.09. The van der Waals surface area contributed by atoms with Gasteiger partial charge in [-0.25, -0.2) is 0 Å². The highest BCUT2D eigenvalue weighted by Crippen LogP contribution is 2.53. The van der Waals surface area contributed by atoms with Crippen LogP contribution in [0.5, 0.6) is 0 Å². The fourth-order valence-corrected chi connectivity index (χ4v) is 20.0. The molecule has 494 valence electrons. The third kappa shape index (κ3) is 10.2. The molecule has 0 radical (unpaired) electrons. The van der Waals surface area contributed by atoms with Gasteiger partial charge >= 0.3 is 0 Å². The number of fused-ring (bicyclic) bond motifs is 12. The maximum atomic E-state index is 2.60. The molecule has 0 spiro atoms. The number of thiophene rings is 3. The highest BCUT2D eigenvalue weighted by Gasteiger charge is 2.27. The van der Waals surface area contributed by atoms with Crippen LogP contribution in [0.2, 0.25) is 0 Å². The largest absolute Gasteiger partial charge is 0.309 e. The normalized spacial score (nSPS) is 12.2. The summed E-state index contributed by atoms with van der Waals surface area (Å²) in [5, 5.41) is 25.4. The van der Waals surface area contributed by atoms with Crippen LogP contribution in [0.25, 0.3) is 197 Å². The number of benzene rings is 18. The van der Waals surface area contributed by atoms with Crippen LogP contribution in [0.15, 0.2) is 346 Å². The van der Waals surface area contributed by atoms with Crippen molar-refractivity contribution >= 4 is 215 Å². The van der Waals surface area contributed by atoms with Crippen LogP contribution in [0.4, 0.5) is 17.1 Å². The Morgan fingerprint density at radius 3 is 0.632 bits per heavy atom. The van der Waals surface area contributed by atoms with E-state index in [2.05, 4.69) is 387 Å². The molecule has 0 N–H and O–H groups in total. The standard InChI is InChI=1S/C102H63NS3/c1-22-46-97-64(25-1)61-67(104-97)49-52-79-70-28-7-16-40-85(70)100(86-41-17-8-29-71(79)86)91-55-58-94(82-37-13-4-34-76(82)91)103(95-59-56-92(77-35-5-14-38-83(77)95)101-87-42-18-9-30-72(87)80(73-31-10-19-43-88(73)101)53-50-68-62-65-26-2-23-47-98(65)105-68)96-60-57-93(78-36-6-15-39-84(78)96)102-89-44-20-11-32-74(89)81(75-33-12-21-45-90(75)102)54-51-69-63-66-27-3-24-48-99(66)106-69/h1-63H/b52-49+,53-50+,54-51?. The molecule has 21 rings (SSSR count). The van der Waals surface area contributed by atoms with E-state index in [1.807, 2.05) is 34.0 Å². The lowest BCUT2D eigenvalue weighted by atomic mass is 9.85. The van der Waals surface area contributed by atoms with Crippen molar-refractivity contribution in [1.29, 1.82) is 0 Å². The lowest BCUT2D eigenvalue weighted by Gasteiger charge is -2.31. The Morgan fingerprint density at radius 2 is 0.387 bits per heavy atom. The first kappa shape index (κ1) is 61.8. The van der Waals surface area contributed by atoms with Gasteiger partial charge in [0.2, 0.25) is 0 Å². The Labute approximate surface area is 625 Å². The molecule has 0 aliphatic carbocycles. The number of hydrogen-bond donors (Lipinski definition) is 0. The first-order valence-electron chi connectivity index (χ1n) is 36.3. The fraction of sp³-hybridized carbons (Fsp3) is 0. The van der Waals surface area contributed by atoms with Crippen molar-refractivity contribution in [2.24, 2.45) is 0 Å². The van der Waals surface area contributed by atoms with E-state index >= 15 is 0 Å². The summed E-state index contributed by atoms with van der Waals surface area (Å²) >= 11 is 5.52. The number of hydrogen-bond acceptors (Lipinski definition) is 4. The molecule has 0 aliphatic rings. The van der Waals surface area contributed by atoms with E-state index in [1.165, 1.54) is 176 Å². The monoisotopic (exact) mass is 1400 g/mol. The third-order valence-electron chi connectivity index (χ3n) is 21.7. The minimum Gasteiger partial charge on any atom is -0.309 e. The second-order valence-corrected chi connectivity index (χ2v) is 30.9. The van der Waals surface area contributed by atoms with Gasteiger partial charge in [-0.1, -0.05) is 309 Å². The van der Waals surface area contributed by atoms with Crippen LogP contribution in [0.1, 0.15) is 31.3 Å². The Balaban J connectivity index is 0.789. The molecule has 3 heterocycles. The van der Waals surface area contributed by atoms with E-state index in [-0.39, 0.29) is 0 Å². The van der Waals surface area contributed by atoms with Crippen LogP contribution in [-0.4, -0.2) is 0 Å². The number of anilines is 3. The first-order valence-corrected chi connectivity index (χ1v) is 38.7. The van der Waals surface area contributed by atoms with Crippen LogP contribution in [0.3, 0.4) is 0 Å². The van der Waals surface area contributed by atoms with Gasteiger partial charge in [0.1, 0.15) is 0 Å². The van der Waals surface area contributed by atoms with E-state index in [1.54, 1.807) is 0 Å². The lowest BCUT2D eigenvalue weighted by molar-refractivity contribution is 1.33. The van der Waals surface area contributed by atoms with Crippen molar-refractivity contribution in [2.45, 2.75) is 0 Å². The average molecular weight is 1400 g/mol. The Kier molecular flexibility index (Phi) is 14.9. The second kappa shape index (κ2) is 25.6. The summed E-state index contributed by atoms with van der Waals surface area (Å²) in [6.45, 7) is 0. The molecule has 0 bridgehead atoms. The van der Waals surface area contributed by atoms with Gasteiger partial charge in [-0.3, -0.25) is 0 Å². The first-order chi connectivity index (χ1) is 52.6. The molecule has 0 unspecified atom stereocenters. The summed E-state index contributed by atoms with van der Waals surface area (Å²) < 4.78 is 3.89. The predicted molar refractivity (Wildman–Crippen MR) is 467 cm³/mol. The van der Waals surface area contributed by atoms with Gasteiger partial charge in [0, 0.05) is 44.9 Å². The van der Waals surface area contributed by atoms with Gasteiger partial charge in [-0.2, -0.15) is 0 Å². The molecule has 0 atom stereocenters. The predicted octanol–water partition coefficient (Wildman–Crippen LogP) is 30.7. The Hall–Kier alpha value is -12.8. The molecule has 1 nitrogen and oxygen atoms in total. The molecule has 0 amide bonds. The summed E-state index contributed by atoms with van der Waals surface area (Å²) in [6, 6.07) is 129. The molecular formula is C102H63NS3. The minimum atomic E-state index is 1.09. The van der Waals surface area contributed by atoms with E-state index in [0.29, 0.717) is 0 Å². The molecule has 0 saturated heterocycles. The van der Waals surface area contributed by atoms with Crippen molar-refractivity contribution in [1.82, 2.24) is 0 Å². The van der Waals surface area contributed by atoms with Gasteiger partial charge in [-0.15, -0.1) is 34.0 Å². The zero-order chi connectivity index (χ0) is 69.8. The molecule has 0 fully saturated rings. The Bertz CT molecular complexity index is 6330. The molecule has 0 saturated carbocycles. The average Bonchev–Trinajstić information content (AvgIpc) is 0.816. The second-order valence-electron chi connectivity index (χ2n) is 27.6. The Morgan fingerprint density at radius 1 is 0.179 bits per heavy atom. The number of nitrogens with zero attached hydrogens (tertiary/aromatic N) is 1. The summed E-state index contributed by atoms with van der Waals surface area (Å²) in [4.78, 5) is 6.31. The summed E-state index contributed by atoms with van der Waals surface area (Å²) in [7, 11) is 0. The van der Waals surface area contributed by atoms with Crippen molar-refractivity contribution in [3.8, 4) is 33.4 Å². The number of rotatable bonds is 12. The maximum Gasteiger partial charge on any atom is 0.0540 e. The van der Waals surface area contributed by atoms with Crippen LogP contribution >= 0.6 is 34.0 Å². The van der Waals surface area contributed by atoms with Crippen LogP contribution in [-0.2, 0) is 0 Å². The molecular weight excluding hydrogens is 1340 g/mol. The highest BCUT2D eigenvalue weighted by atomic mass is 32.1. The van der Waals surface area contributed by atoms with Gasteiger partial charge in [0.15, 0.2) is 0 Å². The summed E-state index contributed by atoms with van der Waals surface area (Å²) in [5.41, 5.74) is 14.2. The molecule has 4 heteroatoms. The van der Waals surface area contributed by atoms with E-state index < -0.39 is 0 Å². The third-order valence-corrected chi connectivity index (χ3v) is 25.0. The smallest absolute Gasteiger partial charge is 0.0540 e. The van der Waals surface area contributed by atoms with Crippen molar-refractivity contribution < 1.29 is 0 Å². The van der Waals surface area contributed by atoms with Gasteiger partial charge < -0.3 is 4.90 Å². The summed E-state index contributed by atoms with van der Waals surface area (Å²) in [5.74, 6) is 0. The van der Waals surface area contributed by atoms with Crippen LogP contribution < -0.4 is 4.90 Å². The zero-order valence-electron chi connectivity index (χ0n) is 57.5. The van der Waals surface area contributed by atoms with Gasteiger partial charge in [-0.05, 0) is 220 Å². The molecule has 106 heavy (non-hydrogen) atoms. The SMILES string of the molecule is C(=Cc1c2ccccc2c(-c2ccc(N(c3ccc(-c4c5ccccc5c(/C=C/c5cc6ccccc6s5)c5ccccc45)c4ccccc34)c3ccc(-c4c5ccccc5c(/C=C/c5cc6ccccc6s5)c5ccccc45)c4ccccc34)c3ccccc23)c2ccccc12)c1cc2ccccc2s1. The van der Waals surface area contributed by atoms with E-state index in [4.69, 9.17) is 0 Å². The van der Waals surface area contributed by atoms with E-state index in [0.717, 1.165) is 33.2 Å². The van der Waals surface area contributed by atoms with Crippen molar-refractivity contribution in [3.05, 3.63) is 377 Å². The van der Waals surface area contributed by atoms with Crippen molar-refractivity contribution in [2.75, 3.05) is 4.90 Å². The molecule has 18 aromatic carbocycles. The lowest BCUT2D eigenvalue weighted by Crippen LogP contribution is -2.12. The fourth-order valence-electron chi connectivity index (χ4n) is 17.1. The summed E-state index contributed by atoms with van der Waals surface area (Å²) in [6.07, 6.45) is 14.0. The molecule has 0 aliphatic heterocycles. The zero-order valence-corrected chi connectivity index (χ0v) is 60.0. The maximum absolute atomic E-state index is 2.60. The quantitative estimate of drug-likeness (QED) is 0.110. The van der Waals surface area contributed by atoms with Crippen LogP contribution in [0, 0.1) is 0 Å². The van der Waals surface area contributed by atoms with E-state index in [9.17, 15) is 0 Å². The molecule has 3 aromatic heterocycles. The van der Waals surface area contributed by atoms with Gasteiger partial charge in [0.05, 0.1) is 17.1 Å². The van der Waals surface area contributed by atoms with Crippen molar-refractivity contribution in [3.63, 3.8) is 0 Å². The molecule has 21 aromatic rings. The van der Waals surface area contributed by atoms with Gasteiger partial charge in [0.25, 0.3) is 0 Å². The topological polar surface area (TPSA) is 3.24 Å².